The average Bonchev–Trinajstić information content (AvgIpc) is 3.48. The van der Waals surface area contributed by atoms with Gasteiger partial charge in [-0.3, -0.25) is 14.4 Å². The lowest BCUT2D eigenvalue weighted by Crippen LogP contribution is -2.32. The summed E-state index contributed by atoms with van der Waals surface area (Å²) in [6.07, 6.45) is 0.952. The van der Waals surface area contributed by atoms with Crippen LogP contribution in [0.2, 0.25) is 0 Å². The highest BCUT2D eigenvalue weighted by Gasteiger charge is 2.35. The van der Waals surface area contributed by atoms with Gasteiger partial charge in [-0.1, -0.05) is 6.07 Å². The molecular weight excluding hydrogens is 398 g/mol. The van der Waals surface area contributed by atoms with Gasteiger partial charge in [-0.25, -0.2) is 0 Å². The Hall–Kier alpha value is -3.55. The van der Waals surface area contributed by atoms with Crippen LogP contribution in [-0.2, 0) is 27.3 Å². The van der Waals surface area contributed by atoms with E-state index in [4.69, 9.17) is 9.47 Å². The first-order valence-corrected chi connectivity index (χ1v) is 10.4. The Morgan fingerprint density at radius 3 is 2.81 bits per heavy atom. The first kappa shape index (κ1) is 19.4. The van der Waals surface area contributed by atoms with Crippen LogP contribution >= 0.6 is 0 Å². The van der Waals surface area contributed by atoms with E-state index >= 15 is 0 Å². The van der Waals surface area contributed by atoms with Crippen molar-refractivity contribution < 1.29 is 23.9 Å². The number of nitrogens with zero attached hydrogens (tertiary/aromatic N) is 2. The summed E-state index contributed by atoms with van der Waals surface area (Å²) in [5.41, 5.74) is 3.64. The molecule has 1 saturated heterocycles. The minimum Gasteiger partial charge on any atom is -0.454 e. The number of carbonyl (C=O) groups is 3. The smallest absolute Gasteiger partial charge is 0.231 e. The van der Waals surface area contributed by atoms with Crippen LogP contribution < -0.4 is 24.6 Å². The molecule has 31 heavy (non-hydrogen) atoms. The second kappa shape index (κ2) is 7.61. The van der Waals surface area contributed by atoms with E-state index in [-0.39, 0.29) is 30.9 Å². The largest absolute Gasteiger partial charge is 0.454 e. The monoisotopic (exact) mass is 421 g/mol. The van der Waals surface area contributed by atoms with Gasteiger partial charge in [0, 0.05) is 44.4 Å². The molecule has 0 aromatic heterocycles. The van der Waals surface area contributed by atoms with E-state index in [1.807, 2.05) is 36.4 Å². The van der Waals surface area contributed by atoms with Crippen molar-refractivity contribution in [2.24, 2.45) is 5.92 Å². The molecule has 0 spiro atoms. The summed E-state index contributed by atoms with van der Waals surface area (Å²) in [7, 11) is 0. The number of rotatable bonds is 4. The summed E-state index contributed by atoms with van der Waals surface area (Å²) in [5.74, 6) is 0.787. The van der Waals surface area contributed by atoms with Crippen LogP contribution in [0.3, 0.4) is 0 Å². The Kier molecular flexibility index (Phi) is 4.77. The van der Waals surface area contributed by atoms with Crippen LogP contribution in [0.15, 0.2) is 36.4 Å². The van der Waals surface area contributed by atoms with E-state index < -0.39 is 5.92 Å². The van der Waals surface area contributed by atoms with E-state index in [1.165, 1.54) is 0 Å². The predicted octanol–water partition coefficient (Wildman–Crippen LogP) is 1.99. The molecule has 3 aliphatic rings. The third-order valence-electron chi connectivity index (χ3n) is 6.05. The summed E-state index contributed by atoms with van der Waals surface area (Å²) in [6.45, 7) is 3.13. The minimum absolute atomic E-state index is 0.0166. The van der Waals surface area contributed by atoms with E-state index in [1.54, 1.807) is 16.7 Å². The lowest BCUT2D eigenvalue weighted by molar-refractivity contribution is -0.126. The van der Waals surface area contributed by atoms with Gasteiger partial charge in [-0.15, -0.1) is 0 Å². The molecule has 0 saturated carbocycles. The van der Waals surface area contributed by atoms with E-state index in [0.29, 0.717) is 31.1 Å². The van der Waals surface area contributed by atoms with Gasteiger partial charge in [-0.05, 0) is 47.9 Å². The maximum Gasteiger partial charge on any atom is 0.231 e. The third kappa shape index (κ3) is 3.58. The number of fused-ring (bicyclic) bond motifs is 2. The summed E-state index contributed by atoms with van der Waals surface area (Å²) >= 11 is 0. The van der Waals surface area contributed by atoms with Crippen LogP contribution in [0, 0.1) is 5.92 Å². The fraction of sp³-hybridized carbons (Fsp3) is 0.348. The van der Waals surface area contributed by atoms with Gasteiger partial charge >= 0.3 is 0 Å². The minimum atomic E-state index is -0.400. The zero-order valence-corrected chi connectivity index (χ0v) is 17.2. The molecule has 0 radical (unpaired) electrons. The van der Waals surface area contributed by atoms with Crippen molar-refractivity contribution in [3.8, 4) is 11.5 Å². The Bertz CT molecular complexity index is 1080. The molecule has 0 aliphatic carbocycles. The first-order chi connectivity index (χ1) is 15.0. The second-order valence-electron chi connectivity index (χ2n) is 8.04. The van der Waals surface area contributed by atoms with Crippen LogP contribution in [0.1, 0.15) is 24.5 Å². The van der Waals surface area contributed by atoms with Crippen molar-refractivity contribution in [1.29, 1.82) is 0 Å². The summed E-state index contributed by atoms with van der Waals surface area (Å²) < 4.78 is 10.7. The second-order valence-corrected chi connectivity index (χ2v) is 8.04. The van der Waals surface area contributed by atoms with Gasteiger partial charge in [-0.2, -0.15) is 0 Å². The molecule has 1 atom stereocenters. The molecule has 3 amide bonds. The maximum atomic E-state index is 12.7. The number of benzene rings is 2. The topological polar surface area (TPSA) is 88.2 Å². The summed E-state index contributed by atoms with van der Waals surface area (Å²) in [4.78, 5) is 40.5. The Morgan fingerprint density at radius 2 is 1.97 bits per heavy atom. The lowest BCUT2D eigenvalue weighted by atomic mass is 10.1. The van der Waals surface area contributed by atoms with Crippen LogP contribution in [0.5, 0.6) is 11.5 Å². The SMILES string of the molecule is CC(=O)N1CCc2cc(N3CC(C(=O)NCc4ccc5c(c4)OCO5)CC3=O)ccc21. The van der Waals surface area contributed by atoms with E-state index in [0.717, 1.165) is 28.9 Å². The lowest BCUT2D eigenvalue weighted by Gasteiger charge is -2.19. The van der Waals surface area contributed by atoms with Crippen molar-refractivity contribution in [2.45, 2.75) is 26.3 Å². The van der Waals surface area contributed by atoms with Crippen molar-refractivity contribution >= 4 is 29.1 Å². The Morgan fingerprint density at radius 1 is 1.13 bits per heavy atom. The van der Waals surface area contributed by atoms with Crippen molar-refractivity contribution in [2.75, 3.05) is 29.7 Å². The number of carbonyl (C=O) groups excluding carboxylic acids is 3. The number of ether oxygens (including phenoxy) is 2. The highest BCUT2D eigenvalue weighted by atomic mass is 16.7. The molecule has 8 heteroatoms. The first-order valence-electron chi connectivity index (χ1n) is 10.4. The summed E-state index contributed by atoms with van der Waals surface area (Å²) in [6, 6.07) is 11.3. The standard InChI is InChI=1S/C23H23N3O5/c1-14(27)25-7-6-16-9-18(3-4-19(16)25)26-12-17(10-22(26)28)23(29)24-11-15-2-5-20-21(8-15)31-13-30-20/h2-5,8-9,17H,6-7,10-13H2,1H3,(H,24,29). The van der Waals surface area contributed by atoms with Crippen LogP contribution in [-0.4, -0.2) is 37.6 Å². The normalized spacial score (nSPS) is 19.0. The van der Waals surface area contributed by atoms with E-state index in [2.05, 4.69) is 5.32 Å². The zero-order chi connectivity index (χ0) is 21.5. The molecular formula is C23H23N3O5. The van der Waals surface area contributed by atoms with Gasteiger partial charge < -0.3 is 24.6 Å². The maximum absolute atomic E-state index is 12.7. The Labute approximate surface area is 179 Å². The fourth-order valence-electron chi connectivity index (χ4n) is 4.40. The highest BCUT2D eigenvalue weighted by molar-refractivity contribution is 6.01. The molecule has 3 heterocycles. The van der Waals surface area contributed by atoms with E-state index in [9.17, 15) is 14.4 Å². The quantitative estimate of drug-likeness (QED) is 0.816. The van der Waals surface area contributed by atoms with Gasteiger partial charge in [0.15, 0.2) is 11.5 Å². The number of nitrogens with one attached hydrogen (secondary N) is 1. The van der Waals surface area contributed by atoms with Gasteiger partial charge in [0.1, 0.15) is 0 Å². The van der Waals surface area contributed by atoms with Gasteiger partial charge in [0.2, 0.25) is 24.5 Å². The number of hydrogen-bond donors (Lipinski definition) is 1. The van der Waals surface area contributed by atoms with Gasteiger partial charge in [0.25, 0.3) is 0 Å². The third-order valence-corrected chi connectivity index (χ3v) is 6.05. The molecule has 0 bridgehead atoms. The molecule has 8 nitrogen and oxygen atoms in total. The average molecular weight is 421 g/mol. The molecule has 5 rings (SSSR count). The number of amides is 3. The van der Waals surface area contributed by atoms with Crippen molar-refractivity contribution in [3.05, 3.63) is 47.5 Å². The number of hydrogen-bond acceptors (Lipinski definition) is 5. The Balaban J connectivity index is 1.23. The summed E-state index contributed by atoms with van der Waals surface area (Å²) in [5, 5.41) is 2.93. The van der Waals surface area contributed by atoms with Crippen molar-refractivity contribution in [1.82, 2.24) is 5.32 Å². The molecule has 1 unspecified atom stereocenters. The molecule has 3 aliphatic heterocycles. The molecule has 2 aromatic rings. The molecule has 160 valence electrons. The van der Waals surface area contributed by atoms with Crippen LogP contribution in [0.4, 0.5) is 11.4 Å². The van der Waals surface area contributed by atoms with Gasteiger partial charge in [0.05, 0.1) is 5.92 Å². The fourth-order valence-corrected chi connectivity index (χ4v) is 4.40. The zero-order valence-electron chi connectivity index (χ0n) is 17.2. The highest BCUT2D eigenvalue weighted by Crippen LogP contribution is 2.34. The molecule has 1 N–H and O–H groups in total. The predicted molar refractivity (Wildman–Crippen MR) is 113 cm³/mol. The van der Waals surface area contributed by atoms with Crippen LogP contribution in [0.25, 0.3) is 0 Å². The molecule has 1 fully saturated rings. The molecule has 2 aromatic carbocycles. The number of anilines is 2. The van der Waals surface area contributed by atoms with Crippen molar-refractivity contribution in [3.63, 3.8) is 0 Å².